The molecule has 8 heteroatoms. The number of benzene rings is 3. The third-order valence-electron chi connectivity index (χ3n) is 7.18. The Morgan fingerprint density at radius 3 is 2.66 bits per heavy atom. The molecular formula is C27H23BrN2O4S. The number of Topliss-reactive ketones (excluding diaryl/α,β-unsaturated/α-hetero) is 1. The predicted octanol–water partition coefficient (Wildman–Crippen LogP) is 4.75. The van der Waals surface area contributed by atoms with E-state index in [9.17, 15) is 14.7 Å². The lowest BCUT2D eigenvalue weighted by Gasteiger charge is -2.35. The highest BCUT2D eigenvalue weighted by Crippen LogP contribution is 2.60. The minimum absolute atomic E-state index is 0.173. The minimum atomic E-state index is -2.12. The number of halogens is 1. The van der Waals surface area contributed by atoms with Gasteiger partial charge in [0.05, 0.1) is 10.4 Å². The van der Waals surface area contributed by atoms with Crippen LogP contribution in [0.4, 0.5) is 5.69 Å². The zero-order valence-corrected chi connectivity index (χ0v) is 21.4. The van der Waals surface area contributed by atoms with Crippen LogP contribution in [0, 0.1) is 0 Å². The Labute approximate surface area is 215 Å². The van der Waals surface area contributed by atoms with Gasteiger partial charge in [0.1, 0.15) is 11.0 Å². The number of hydrogen-bond donors (Lipinski definition) is 3. The van der Waals surface area contributed by atoms with E-state index in [2.05, 4.69) is 35.1 Å². The summed E-state index contributed by atoms with van der Waals surface area (Å²) in [6, 6.07) is 18.2. The lowest BCUT2D eigenvalue weighted by molar-refractivity contribution is -0.175. The van der Waals surface area contributed by atoms with Crippen LogP contribution >= 0.6 is 27.7 Å². The van der Waals surface area contributed by atoms with Crippen LogP contribution in [0.25, 0.3) is 0 Å². The summed E-state index contributed by atoms with van der Waals surface area (Å²) in [6.45, 7) is 4.10. The van der Waals surface area contributed by atoms with Crippen molar-refractivity contribution in [3.63, 3.8) is 0 Å². The number of thioether (sulfide) groups is 1. The van der Waals surface area contributed by atoms with E-state index in [0.717, 1.165) is 16.0 Å². The Balaban J connectivity index is 1.49. The molecule has 2 aliphatic heterocycles. The van der Waals surface area contributed by atoms with Crippen molar-refractivity contribution in [2.45, 2.75) is 46.1 Å². The molecule has 0 aromatic heterocycles. The molecule has 6 nitrogen and oxygen atoms in total. The molecule has 1 aliphatic carbocycles. The lowest BCUT2D eigenvalue weighted by atomic mass is 9.82. The van der Waals surface area contributed by atoms with Crippen LogP contribution in [0.3, 0.4) is 0 Å². The summed E-state index contributed by atoms with van der Waals surface area (Å²) in [6.07, 6.45) is 0. The number of rotatable bonds is 3. The number of alkyl halides is 1. The SMILES string of the molecule is CC(C)c1ccc2c(c1)OC1(O)c3cccc(N)c3C(=O)C21NC(=O)C1Sc2ccccc2C1Br. The van der Waals surface area contributed by atoms with E-state index in [-0.39, 0.29) is 33.5 Å². The van der Waals surface area contributed by atoms with E-state index in [1.165, 1.54) is 11.8 Å². The Bertz CT molecular complexity index is 1430. The highest BCUT2D eigenvalue weighted by molar-refractivity contribution is 9.09. The van der Waals surface area contributed by atoms with E-state index in [0.29, 0.717) is 11.3 Å². The molecule has 0 fully saturated rings. The molecule has 0 saturated carbocycles. The highest BCUT2D eigenvalue weighted by Gasteiger charge is 2.72. The molecule has 178 valence electrons. The summed E-state index contributed by atoms with van der Waals surface area (Å²) >= 11 is 5.09. The van der Waals surface area contributed by atoms with E-state index < -0.39 is 22.4 Å². The van der Waals surface area contributed by atoms with E-state index in [1.807, 2.05) is 36.4 Å². The number of carbonyl (C=O) groups is 2. The largest absolute Gasteiger partial charge is 0.454 e. The predicted molar refractivity (Wildman–Crippen MR) is 138 cm³/mol. The number of aliphatic hydroxyl groups is 1. The first kappa shape index (κ1) is 22.6. The zero-order chi connectivity index (χ0) is 24.7. The number of ether oxygens (including phenoxy) is 1. The van der Waals surface area contributed by atoms with Crippen LogP contribution in [0.2, 0.25) is 0 Å². The Kier molecular flexibility index (Phi) is 4.91. The molecule has 0 radical (unpaired) electrons. The first-order chi connectivity index (χ1) is 16.7. The molecule has 35 heavy (non-hydrogen) atoms. The van der Waals surface area contributed by atoms with E-state index in [1.54, 1.807) is 24.3 Å². The molecule has 0 spiro atoms. The van der Waals surface area contributed by atoms with Gasteiger partial charge in [-0.05, 0) is 35.2 Å². The molecule has 4 atom stereocenters. The number of nitrogen functional groups attached to an aromatic ring is 1. The summed E-state index contributed by atoms with van der Waals surface area (Å²) in [5.74, 6) is -2.40. The second-order valence-corrected chi connectivity index (χ2v) is 11.6. The third-order valence-corrected chi connectivity index (χ3v) is 9.91. The second-order valence-electron chi connectivity index (χ2n) is 9.47. The average molecular weight is 551 g/mol. The van der Waals surface area contributed by atoms with Crippen LogP contribution in [0.5, 0.6) is 5.75 Å². The number of amides is 1. The van der Waals surface area contributed by atoms with Crippen molar-refractivity contribution < 1.29 is 19.4 Å². The first-order valence-electron chi connectivity index (χ1n) is 11.4. The molecule has 4 unspecified atom stereocenters. The van der Waals surface area contributed by atoms with E-state index >= 15 is 0 Å². The molecular weight excluding hydrogens is 528 g/mol. The number of nitrogens with one attached hydrogen (secondary N) is 1. The summed E-state index contributed by atoms with van der Waals surface area (Å²) in [5, 5.41) is 14.5. The number of ketones is 1. The molecule has 6 rings (SSSR count). The molecule has 3 aromatic carbocycles. The van der Waals surface area contributed by atoms with Crippen molar-refractivity contribution in [3.05, 3.63) is 88.5 Å². The van der Waals surface area contributed by atoms with Crippen molar-refractivity contribution in [2.24, 2.45) is 0 Å². The van der Waals surface area contributed by atoms with Gasteiger partial charge in [-0.15, -0.1) is 11.8 Å². The molecule has 4 N–H and O–H groups in total. The number of nitrogens with two attached hydrogens (primary N) is 1. The maximum Gasteiger partial charge on any atom is 0.271 e. The highest BCUT2D eigenvalue weighted by atomic mass is 79.9. The summed E-state index contributed by atoms with van der Waals surface area (Å²) in [7, 11) is 0. The van der Waals surface area contributed by atoms with Gasteiger partial charge in [0.15, 0.2) is 0 Å². The van der Waals surface area contributed by atoms with Gasteiger partial charge >= 0.3 is 0 Å². The fourth-order valence-corrected chi connectivity index (χ4v) is 7.67. The fourth-order valence-electron chi connectivity index (χ4n) is 5.36. The number of hydrogen-bond acceptors (Lipinski definition) is 6. The maximum atomic E-state index is 14.1. The van der Waals surface area contributed by atoms with Gasteiger partial charge in [-0.3, -0.25) is 9.59 Å². The third kappa shape index (κ3) is 2.87. The minimum Gasteiger partial charge on any atom is -0.454 e. The van der Waals surface area contributed by atoms with Gasteiger partial charge in [0.25, 0.3) is 5.79 Å². The molecule has 1 amide bonds. The molecule has 3 aromatic rings. The van der Waals surface area contributed by atoms with Gasteiger partial charge in [0.2, 0.25) is 17.2 Å². The standard InChI is InChI=1S/C27H23BrN2O4S/c1-13(2)14-10-11-16-19(12-14)34-27(33)17-7-5-8-18(29)21(17)24(31)26(16,27)30-25(32)23-22(28)15-6-3-4-9-20(15)35-23/h3-13,22-23,33H,29H2,1-2H3,(H,30,32). The monoisotopic (exact) mass is 550 g/mol. The van der Waals surface area contributed by atoms with Gasteiger partial charge in [-0.1, -0.05) is 72.2 Å². The number of carbonyl (C=O) groups excluding carboxylic acids is 2. The molecule has 3 aliphatic rings. The molecule has 0 saturated heterocycles. The Hall–Kier alpha value is -2.81. The van der Waals surface area contributed by atoms with Crippen LogP contribution < -0.4 is 15.8 Å². The first-order valence-corrected chi connectivity index (χ1v) is 13.2. The zero-order valence-electron chi connectivity index (χ0n) is 19.0. The van der Waals surface area contributed by atoms with Crippen molar-refractivity contribution in [1.29, 1.82) is 0 Å². The topological polar surface area (TPSA) is 102 Å². The van der Waals surface area contributed by atoms with Gasteiger partial charge in [-0.25, -0.2) is 0 Å². The lowest BCUT2D eigenvalue weighted by Crippen LogP contribution is -2.61. The summed E-state index contributed by atoms with van der Waals surface area (Å²) in [4.78, 5) is 28.7. The quantitative estimate of drug-likeness (QED) is 0.321. The number of fused-ring (bicyclic) bond motifs is 6. The van der Waals surface area contributed by atoms with E-state index in [4.69, 9.17) is 10.5 Å². The number of anilines is 1. The fraction of sp³-hybridized carbons (Fsp3) is 0.259. The van der Waals surface area contributed by atoms with Crippen molar-refractivity contribution in [2.75, 3.05) is 5.73 Å². The summed E-state index contributed by atoms with van der Waals surface area (Å²) < 4.78 is 6.16. The van der Waals surface area contributed by atoms with Crippen LogP contribution in [0.1, 0.15) is 57.2 Å². The van der Waals surface area contributed by atoms with Crippen molar-refractivity contribution in [1.82, 2.24) is 5.32 Å². The average Bonchev–Trinajstić information content (AvgIpc) is 3.37. The van der Waals surface area contributed by atoms with Crippen molar-refractivity contribution >= 4 is 45.1 Å². The maximum absolute atomic E-state index is 14.1. The second kappa shape index (κ2) is 7.59. The van der Waals surface area contributed by atoms with Crippen molar-refractivity contribution in [3.8, 4) is 5.75 Å². The molecule has 2 heterocycles. The normalized spacial score (nSPS) is 27.7. The molecule has 0 bridgehead atoms. The summed E-state index contributed by atoms with van der Waals surface area (Å²) in [5.41, 5.74) is 7.42. The Morgan fingerprint density at radius 2 is 1.91 bits per heavy atom. The van der Waals surface area contributed by atoms with Gasteiger partial charge < -0.3 is 20.9 Å². The van der Waals surface area contributed by atoms with Gasteiger partial charge in [0, 0.05) is 21.7 Å². The van der Waals surface area contributed by atoms with Crippen LogP contribution in [-0.2, 0) is 16.1 Å². The van der Waals surface area contributed by atoms with Crippen LogP contribution in [-0.4, -0.2) is 22.0 Å². The van der Waals surface area contributed by atoms with Crippen LogP contribution in [0.15, 0.2) is 65.6 Å². The Morgan fingerprint density at radius 1 is 1.14 bits per heavy atom. The van der Waals surface area contributed by atoms with Gasteiger partial charge in [-0.2, -0.15) is 0 Å². The smallest absolute Gasteiger partial charge is 0.271 e.